The number of morpholine rings is 1. The number of carbonyl (C=O) groups excluding carboxylic acids is 1. The maximum Gasteiger partial charge on any atom is 0.341 e. The minimum absolute atomic E-state index is 0.00606. The first-order valence-electron chi connectivity index (χ1n) is 7.73. The molecule has 2 heterocycles. The summed E-state index contributed by atoms with van der Waals surface area (Å²) in [6, 6.07) is 0.285. The fraction of sp³-hybridized carbons (Fsp3) is 0.400. The molecule has 3 rings (SSSR count). The lowest BCUT2D eigenvalue weighted by Gasteiger charge is -2.32. The van der Waals surface area contributed by atoms with Crippen LogP contribution in [0.4, 0.5) is 8.78 Å². The van der Waals surface area contributed by atoms with Crippen LogP contribution in [0.1, 0.15) is 28.1 Å². The van der Waals surface area contributed by atoms with Gasteiger partial charge in [-0.2, -0.15) is 9.29 Å². The van der Waals surface area contributed by atoms with E-state index >= 15 is 0 Å². The van der Waals surface area contributed by atoms with Gasteiger partial charge in [0.1, 0.15) is 6.04 Å². The van der Waals surface area contributed by atoms with Gasteiger partial charge in [0.05, 0.1) is 30.8 Å². The highest BCUT2D eigenvalue weighted by molar-refractivity contribution is 7.89. The summed E-state index contributed by atoms with van der Waals surface area (Å²) < 4.78 is 69.5. The van der Waals surface area contributed by atoms with E-state index < -0.39 is 44.1 Å². The number of methoxy groups -OCH3 is 1. The Morgan fingerprint density at radius 3 is 2.74 bits per heavy atom. The highest BCUT2D eigenvalue weighted by Gasteiger charge is 2.39. The van der Waals surface area contributed by atoms with Gasteiger partial charge < -0.3 is 14.0 Å². The van der Waals surface area contributed by atoms with Gasteiger partial charge >= 0.3 is 5.97 Å². The number of aromatic nitrogens is 2. The summed E-state index contributed by atoms with van der Waals surface area (Å²) >= 11 is 0. The molecule has 0 spiro atoms. The van der Waals surface area contributed by atoms with Crippen molar-refractivity contribution in [3.05, 3.63) is 41.0 Å². The molecule has 2 aromatic rings. The molecule has 0 bridgehead atoms. The lowest BCUT2D eigenvalue weighted by molar-refractivity contribution is 0.0203. The van der Waals surface area contributed by atoms with Gasteiger partial charge in [-0.1, -0.05) is 5.16 Å². The van der Waals surface area contributed by atoms with E-state index in [-0.39, 0.29) is 25.6 Å². The summed E-state index contributed by atoms with van der Waals surface area (Å²) in [5.41, 5.74) is -0.825. The number of carbonyl (C=O) groups is 1. The molecular weight excluding hydrogens is 388 g/mol. The van der Waals surface area contributed by atoms with E-state index in [1.165, 1.54) is 0 Å². The number of benzene rings is 1. The van der Waals surface area contributed by atoms with Gasteiger partial charge in [-0.3, -0.25) is 0 Å². The van der Waals surface area contributed by atoms with Gasteiger partial charge in [0.2, 0.25) is 15.9 Å². The van der Waals surface area contributed by atoms with Crippen molar-refractivity contribution in [1.82, 2.24) is 14.4 Å². The Hall–Kier alpha value is -2.44. The molecule has 9 nitrogen and oxygen atoms in total. The van der Waals surface area contributed by atoms with Crippen LogP contribution >= 0.6 is 0 Å². The average Bonchev–Trinajstić information content (AvgIpc) is 3.09. The number of aryl methyl sites for hydroxylation is 1. The van der Waals surface area contributed by atoms with Gasteiger partial charge in [0.25, 0.3) is 0 Å². The second-order valence-corrected chi connectivity index (χ2v) is 7.54. The van der Waals surface area contributed by atoms with Crippen molar-refractivity contribution in [2.24, 2.45) is 0 Å². The monoisotopic (exact) mass is 403 g/mol. The SMILES string of the molecule is COC(=O)c1cc(S(=O)(=O)N2CCOC[C@H]2c2nc(C)no2)cc(F)c1F. The zero-order chi connectivity index (χ0) is 19.8. The third kappa shape index (κ3) is 3.55. The van der Waals surface area contributed by atoms with Gasteiger partial charge in [0, 0.05) is 6.54 Å². The third-order valence-electron chi connectivity index (χ3n) is 3.92. The van der Waals surface area contributed by atoms with E-state index in [4.69, 9.17) is 9.26 Å². The van der Waals surface area contributed by atoms with E-state index in [2.05, 4.69) is 14.9 Å². The topological polar surface area (TPSA) is 112 Å². The zero-order valence-electron chi connectivity index (χ0n) is 14.3. The van der Waals surface area contributed by atoms with Crippen molar-refractivity contribution in [2.75, 3.05) is 26.9 Å². The lowest BCUT2D eigenvalue weighted by Crippen LogP contribution is -2.43. The Balaban J connectivity index is 2.06. The van der Waals surface area contributed by atoms with E-state index in [9.17, 15) is 22.0 Å². The van der Waals surface area contributed by atoms with Crippen molar-refractivity contribution >= 4 is 16.0 Å². The molecule has 1 aliphatic heterocycles. The normalized spacial score (nSPS) is 18.4. The van der Waals surface area contributed by atoms with Crippen molar-refractivity contribution < 1.29 is 36.0 Å². The predicted molar refractivity (Wildman–Crippen MR) is 84.2 cm³/mol. The number of rotatable bonds is 4. The standard InChI is InChI=1S/C15H15F2N3O6S/c1-8-18-14(26-19-8)12-7-25-4-3-20(12)27(22,23)9-5-10(15(21)24-2)13(17)11(16)6-9/h5-6,12H,3-4,7H2,1-2H3/t12-/m0/s1. The quantitative estimate of drug-likeness (QED) is 0.700. The Kier molecular flexibility index (Phi) is 5.22. The fourth-order valence-corrected chi connectivity index (χ4v) is 4.22. The van der Waals surface area contributed by atoms with Crippen molar-refractivity contribution in [3.63, 3.8) is 0 Å². The second kappa shape index (κ2) is 7.29. The molecule has 0 N–H and O–H groups in total. The Labute approximate surface area is 152 Å². The van der Waals surface area contributed by atoms with E-state index in [0.717, 1.165) is 17.5 Å². The minimum Gasteiger partial charge on any atom is -0.465 e. The number of sulfonamides is 1. The van der Waals surface area contributed by atoms with Crippen LogP contribution in [0.15, 0.2) is 21.6 Å². The summed E-state index contributed by atoms with van der Waals surface area (Å²) in [7, 11) is -3.37. The summed E-state index contributed by atoms with van der Waals surface area (Å²) in [5, 5.41) is 3.62. The number of hydrogen-bond donors (Lipinski definition) is 0. The lowest BCUT2D eigenvalue weighted by atomic mass is 10.2. The van der Waals surface area contributed by atoms with Crippen LogP contribution in [0.3, 0.4) is 0 Å². The number of ether oxygens (including phenoxy) is 2. The van der Waals surface area contributed by atoms with Gasteiger partial charge in [-0.15, -0.1) is 0 Å². The molecule has 12 heteroatoms. The summed E-state index contributed by atoms with van der Waals surface area (Å²) in [6.45, 7) is 1.50. The van der Waals surface area contributed by atoms with Crippen molar-refractivity contribution in [1.29, 1.82) is 0 Å². The molecule has 1 atom stereocenters. The number of esters is 1. The molecule has 0 radical (unpaired) electrons. The van der Waals surface area contributed by atoms with Crippen LogP contribution < -0.4 is 0 Å². The van der Waals surface area contributed by atoms with Crippen molar-refractivity contribution in [3.8, 4) is 0 Å². The molecule has 1 fully saturated rings. The van der Waals surface area contributed by atoms with E-state index in [1.54, 1.807) is 6.92 Å². The summed E-state index contributed by atoms with van der Waals surface area (Å²) in [4.78, 5) is 15.0. The molecule has 146 valence electrons. The number of nitrogens with zero attached hydrogens (tertiary/aromatic N) is 3. The van der Waals surface area contributed by atoms with Crippen molar-refractivity contribution in [2.45, 2.75) is 17.9 Å². The highest BCUT2D eigenvalue weighted by Crippen LogP contribution is 2.31. The summed E-state index contributed by atoms with van der Waals surface area (Å²) in [5.74, 6) is -3.88. The first-order valence-corrected chi connectivity index (χ1v) is 9.17. The minimum atomic E-state index is -4.34. The van der Waals surface area contributed by atoms with Crippen LogP contribution in [0.2, 0.25) is 0 Å². The maximum atomic E-state index is 13.9. The van der Waals surface area contributed by atoms with Crippen LogP contribution in [0, 0.1) is 18.6 Å². The molecule has 27 heavy (non-hydrogen) atoms. The molecule has 0 aliphatic carbocycles. The first kappa shape index (κ1) is 19.3. The predicted octanol–water partition coefficient (Wildman–Crippen LogP) is 1.21. The smallest absolute Gasteiger partial charge is 0.341 e. The second-order valence-electron chi connectivity index (χ2n) is 5.64. The van der Waals surface area contributed by atoms with Crippen LogP contribution in [-0.2, 0) is 19.5 Å². The Morgan fingerprint density at radius 2 is 2.11 bits per heavy atom. The first-order chi connectivity index (χ1) is 12.8. The fourth-order valence-electron chi connectivity index (χ4n) is 2.63. The van der Waals surface area contributed by atoms with Crippen LogP contribution in [-0.4, -0.2) is 55.7 Å². The van der Waals surface area contributed by atoms with Crippen LogP contribution in [0.25, 0.3) is 0 Å². The maximum absolute atomic E-state index is 13.9. The average molecular weight is 403 g/mol. The van der Waals surface area contributed by atoms with E-state index in [0.29, 0.717) is 11.9 Å². The molecule has 1 aliphatic rings. The molecule has 0 unspecified atom stereocenters. The molecule has 1 saturated heterocycles. The third-order valence-corrected chi connectivity index (χ3v) is 5.81. The van der Waals surface area contributed by atoms with E-state index in [1.807, 2.05) is 0 Å². The summed E-state index contributed by atoms with van der Waals surface area (Å²) in [6.07, 6.45) is 0. The Morgan fingerprint density at radius 1 is 1.37 bits per heavy atom. The van der Waals surface area contributed by atoms with Gasteiger partial charge in [0.15, 0.2) is 17.5 Å². The Bertz CT molecular complexity index is 978. The van der Waals surface area contributed by atoms with Gasteiger partial charge in [-0.05, 0) is 19.1 Å². The van der Waals surface area contributed by atoms with Gasteiger partial charge in [-0.25, -0.2) is 22.0 Å². The largest absolute Gasteiger partial charge is 0.465 e. The van der Waals surface area contributed by atoms with Crippen LogP contribution in [0.5, 0.6) is 0 Å². The molecular formula is C15H15F2N3O6S. The molecule has 0 saturated carbocycles. The molecule has 1 aromatic carbocycles. The molecule has 1 aromatic heterocycles. The number of halogens is 2. The molecule has 0 amide bonds. The number of hydrogen-bond acceptors (Lipinski definition) is 8. The highest BCUT2D eigenvalue weighted by atomic mass is 32.2. The zero-order valence-corrected chi connectivity index (χ0v) is 15.1.